The summed E-state index contributed by atoms with van der Waals surface area (Å²) in [6.07, 6.45) is 7.06. The van der Waals surface area contributed by atoms with Crippen LogP contribution in [0.5, 0.6) is 0 Å². The van der Waals surface area contributed by atoms with Gasteiger partial charge in [0.1, 0.15) is 0 Å². The SMILES string of the molecule is CCOC(=N)C(CCCCl)c1cc(N(CC2CC2)CC2CC2)ccc1Cl.Cl. The normalized spacial score (nSPS) is 17.1. The number of hydrogen-bond donors (Lipinski definition) is 1. The van der Waals surface area contributed by atoms with Gasteiger partial charge in [-0.3, -0.25) is 5.41 Å². The van der Waals surface area contributed by atoms with Crippen molar-refractivity contribution in [2.45, 2.75) is 51.4 Å². The Hall–Kier alpha value is -0.640. The molecule has 0 bridgehead atoms. The Morgan fingerprint density at radius 2 is 1.85 bits per heavy atom. The average molecular weight is 434 g/mol. The lowest BCUT2D eigenvalue weighted by atomic mass is 9.93. The maximum Gasteiger partial charge on any atom is 0.188 e. The van der Waals surface area contributed by atoms with Gasteiger partial charge in [-0.05, 0) is 81.0 Å². The number of nitrogens with one attached hydrogen (secondary N) is 1. The van der Waals surface area contributed by atoms with Crippen LogP contribution in [0.3, 0.4) is 0 Å². The minimum Gasteiger partial charge on any atom is -0.481 e. The molecule has 0 spiro atoms. The molecule has 1 N–H and O–H groups in total. The van der Waals surface area contributed by atoms with Gasteiger partial charge >= 0.3 is 0 Å². The quantitative estimate of drug-likeness (QED) is 0.245. The summed E-state index contributed by atoms with van der Waals surface area (Å²) in [5.74, 6) is 2.46. The fourth-order valence-electron chi connectivity index (χ4n) is 3.47. The van der Waals surface area contributed by atoms with Crippen LogP contribution in [0.4, 0.5) is 5.69 Å². The molecule has 2 saturated carbocycles. The first-order valence-corrected chi connectivity index (χ1v) is 10.8. The largest absolute Gasteiger partial charge is 0.481 e. The second-order valence-electron chi connectivity index (χ2n) is 7.68. The molecule has 1 unspecified atom stereocenters. The lowest BCUT2D eigenvalue weighted by molar-refractivity contribution is 0.305. The molecule has 3 rings (SSSR count). The highest BCUT2D eigenvalue weighted by molar-refractivity contribution is 6.31. The fraction of sp³-hybridized carbons (Fsp3) is 0.667. The number of ether oxygens (including phenoxy) is 1. The van der Waals surface area contributed by atoms with Crippen molar-refractivity contribution in [3.05, 3.63) is 28.8 Å². The summed E-state index contributed by atoms with van der Waals surface area (Å²) in [6, 6.07) is 6.32. The van der Waals surface area contributed by atoms with Crippen molar-refractivity contribution in [2.75, 3.05) is 30.5 Å². The number of hydrogen-bond acceptors (Lipinski definition) is 3. The molecule has 152 valence electrons. The zero-order chi connectivity index (χ0) is 18.5. The first-order valence-electron chi connectivity index (χ1n) is 9.94. The van der Waals surface area contributed by atoms with Gasteiger partial charge in [0.05, 0.1) is 12.5 Å². The Kier molecular flexibility index (Phi) is 9.04. The van der Waals surface area contributed by atoms with E-state index in [2.05, 4.69) is 17.0 Å². The molecule has 6 heteroatoms. The van der Waals surface area contributed by atoms with Crippen LogP contribution in [0, 0.1) is 17.2 Å². The van der Waals surface area contributed by atoms with Crippen LogP contribution in [-0.4, -0.2) is 31.5 Å². The molecule has 1 atom stereocenters. The van der Waals surface area contributed by atoms with Gasteiger partial charge in [-0.15, -0.1) is 24.0 Å². The minimum absolute atomic E-state index is 0. The van der Waals surface area contributed by atoms with Crippen LogP contribution < -0.4 is 4.90 Å². The molecule has 0 heterocycles. The van der Waals surface area contributed by atoms with Crippen molar-refractivity contribution in [1.29, 1.82) is 5.41 Å². The highest BCUT2D eigenvalue weighted by Gasteiger charge is 2.30. The van der Waals surface area contributed by atoms with Gasteiger partial charge in [0.15, 0.2) is 5.90 Å². The molecular formula is C21H31Cl3N2O. The lowest BCUT2D eigenvalue weighted by Gasteiger charge is -2.27. The molecule has 1 aromatic rings. The van der Waals surface area contributed by atoms with Gasteiger partial charge in [0.2, 0.25) is 0 Å². The van der Waals surface area contributed by atoms with E-state index in [-0.39, 0.29) is 18.3 Å². The van der Waals surface area contributed by atoms with Crippen molar-refractivity contribution in [1.82, 2.24) is 0 Å². The fourth-order valence-corrected chi connectivity index (χ4v) is 3.87. The summed E-state index contributed by atoms with van der Waals surface area (Å²) in [6.45, 7) is 4.71. The maximum atomic E-state index is 8.34. The molecule has 3 nitrogen and oxygen atoms in total. The Labute approximate surface area is 179 Å². The smallest absolute Gasteiger partial charge is 0.188 e. The maximum absolute atomic E-state index is 8.34. The number of halogens is 3. The van der Waals surface area contributed by atoms with Gasteiger partial charge in [0.25, 0.3) is 0 Å². The lowest BCUT2D eigenvalue weighted by Crippen LogP contribution is -2.28. The van der Waals surface area contributed by atoms with E-state index < -0.39 is 0 Å². The second kappa shape index (κ2) is 10.8. The van der Waals surface area contributed by atoms with Gasteiger partial charge in [-0.25, -0.2) is 0 Å². The minimum atomic E-state index is -0.121. The van der Waals surface area contributed by atoms with E-state index in [0.717, 1.165) is 48.4 Å². The number of anilines is 1. The highest BCUT2D eigenvalue weighted by Crippen LogP contribution is 2.38. The Morgan fingerprint density at radius 1 is 1.22 bits per heavy atom. The van der Waals surface area contributed by atoms with Crippen molar-refractivity contribution >= 4 is 47.2 Å². The van der Waals surface area contributed by atoms with E-state index in [9.17, 15) is 0 Å². The summed E-state index contributed by atoms with van der Waals surface area (Å²) in [5.41, 5.74) is 2.24. The molecule has 0 saturated heterocycles. The summed E-state index contributed by atoms with van der Waals surface area (Å²) < 4.78 is 5.53. The summed E-state index contributed by atoms with van der Waals surface area (Å²) in [5, 5.41) is 9.06. The Balaban J connectivity index is 0.00000261. The van der Waals surface area contributed by atoms with Crippen LogP contribution in [-0.2, 0) is 4.74 Å². The molecule has 0 aliphatic heterocycles. The van der Waals surface area contributed by atoms with Crippen molar-refractivity contribution < 1.29 is 4.74 Å². The monoisotopic (exact) mass is 432 g/mol. The van der Waals surface area contributed by atoms with E-state index in [1.165, 1.54) is 31.4 Å². The van der Waals surface area contributed by atoms with Crippen molar-refractivity contribution in [3.8, 4) is 0 Å². The molecule has 0 aromatic heterocycles. The van der Waals surface area contributed by atoms with Gasteiger partial charge in [-0.1, -0.05) is 11.6 Å². The second-order valence-corrected chi connectivity index (χ2v) is 8.46. The molecule has 2 aliphatic rings. The molecule has 1 aromatic carbocycles. The zero-order valence-corrected chi connectivity index (χ0v) is 18.4. The zero-order valence-electron chi connectivity index (χ0n) is 16.1. The summed E-state index contributed by atoms with van der Waals surface area (Å²) >= 11 is 12.5. The van der Waals surface area contributed by atoms with Crippen molar-refractivity contribution in [3.63, 3.8) is 0 Å². The molecule has 2 aliphatic carbocycles. The van der Waals surface area contributed by atoms with E-state index in [1.807, 2.05) is 13.0 Å². The highest BCUT2D eigenvalue weighted by atomic mass is 35.5. The van der Waals surface area contributed by atoms with E-state index in [1.54, 1.807) is 0 Å². The van der Waals surface area contributed by atoms with E-state index in [4.69, 9.17) is 33.3 Å². The molecule has 0 radical (unpaired) electrons. The van der Waals surface area contributed by atoms with Crippen LogP contribution in [0.15, 0.2) is 18.2 Å². The Bertz CT molecular complexity index is 603. The number of benzene rings is 1. The van der Waals surface area contributed by atoms with Crippen LogP contribution >= 0.6 is 35.6 Å². The number of nitrogens with zero attached hydrogens (tertiary/aromatic N) is 1. The van der Waals surface area contributed by atoms with Gasteiger partial charge in [0, 0.05) is 29.7 Å². The van der Waals surface area contributed by atoms with Gasteiger partial charge in [-0.2, -0.15) is 0 Å². The standard InChI is InChI=1S/C21H30Cl2N2O.ClH/c1-2-26-21(24)18(4-3-11-22)19-12-17(9-10-20(19)23)25(13-15-5-6-15)14-16-7-8-16;/h9-10,12,15-16,18,24H,2-8,11,13-14H2,1H3;1H. The number of alkyl halides is 1. The van der Waals surface area contributed by atoms with Gasteiger partial charge < -0.3 is 9.64 Å². The molecular weight excluding hydrogens is 403 g/mol. The first kappa shape index (κ1) is 22.6. The first-order chi connectivity index (χ1) is 12.6. The predicted molar refractivity (Wildman–Crippen MR) is 118 cm³/mol. The molecule has 0 amide bonds. The average Bonchev–Trinajstić information content (AvgIpc) is 3.53. The Morgan fingerprint density at radius 3 is 2.37 bits per heavy atom. The predicted octanol–water partition coefficient (Wildman–Crippen LogP) is 6.50. The molecule has 2 fully saturated rings. The topological polar surface area (TPSA) is 36.3 Å². The van der Waals surface area contributed by atoms with Crippen LogP contribution in [0.25, 0.3) is 0 Å². The van der Waals surface area contributed by atoms with Crippen molar-refractivity contribution in [2.24, 2.45) is 11.8 Å². The third kappa shape index (κ3) is 6.73. The summed E-state index contributed by atoms with van der Waals surface area (Å²) in [4.78, 5) is 2.54. The molecule has 27 heavy (non-hydrogen) atoms. The number of rotatable bonds is 11. The van der Waals surface area contributed by atoms with E-state index in [0.29, 0.717) is 18.4 Å². The third-order valence-corrected chi connectivity index (χ3v) is 5.93. The van der Waals surface area contributed by atoms with Crippen LogP contribution in [0.1, 0.15) is 56.9 Å². The third-order valence-electron chi connectivity index (χ3n) is 5.31. The summed E-state index contributed by atoms with van der Waals surface area (Å²) in [7, 11) is 0. The van der Waals surface area contributed by atoms with Crippen LogP contribution in [0.2, 0.25) is 5.02 Å². The van der Waals surface area contributed by atoms with E-state index >= 15 is 0 Å².